The number of nitro groups is 1. The van der Waals surface area contributed by atoms with E-state index in [9.17, 15) is 14.9 Å². The fourth-order valence-corrected chi connectivity index (χ4v) is 2.85. The van der Waals surface area contributed by atoms with Gasteiger partial charge in [0.25, 0.3) is 5.69 Å². The zero-order chi connectivity index (χ0) is 17.9. The number of carbonyl (C=O) groups excluding carboxylic acids is 1. The molecule has 5 nitrogen and oxygen atoms in total. The lowest BCUT2D eigenvalue weighted by Crippen LogP contribution is -2.31. The van der Waals surface area contributed by atoms with Crippen LogP contribution >= 0.6 is 23.2 Å². The third-order valence-electron chi connectivity index (χ3n) is 3.93. The van der Waals surface area contributed by atoms with Crippen molar-refractivity contribution in [3.05, 3.63) is 73.8 Å². The molecule has 0 aliphatic heterocycles. The predicted molar refractivity (Wildman–Crippen MR) is 94.4 cm³/mol. The molecule has 1 atom stereocenters. The molecule has 0 aliphatic rings. The van der Waals surface area contributed by atoms with E-state index in [1.165, 1.54) is 17.0 Å². The summed E-state index contributed by atoms with van der Waals surface area (Å²) in [6.07, 6.45) is 0.0638. The lowest BCUT2D eigenvalue weighted by Gasteiger charge is -2.25. The molecule has 0 saturated carbocycles. The average Bonchev–Trinajstić information content (AvgIpc) is 2.56. The Labute approximate surface area is 149 Å². The highest BCUT2D eigenvalue weighted by molar-refractivity contribution is 6.36. The monoisotopic (exact) mass is 366 g/mol. The second kappa shape index (κ2) is 7.64. The van der Waals surface area contributed by atoms with Gasteiger partial charge in [-0.2, -0.15) is 0 Å². The number of carbonyl (C=O) groups is 1. The van der Waals surface area contributed by atoms with Gasteiger partial charge >= 0.3 is 0 Å². The molecular weight excluding hydrogens is 351 g/mol. The van der Waals surface area contributed by atoms with Crippen LogP contribution in [0, 0.1) is 10.1 Å². The molecule has 1 unspecified atom stereocenters. The Morgan fingerprint density at radius 3 is 2.38 bits per heavy atom. The van der Waals surface area contributed by atoms with Crippen molar-refractivity contribution in [2.75, 3.05) is 7.05 Å². The Hall–Kier alpha value is -2.11. The SMILES string of the molecule is CC(c1cccc([N+](=O)[O-])c1)N(C)C(=O)Cc1c(Cl)cccc1Cl. The van der Waals surface area contributed by atoms with Crippen LogP contribution in [0.2, 0.25) is 10.0 Å². The molecular formula is C17H16Cl2N2O3. The van der Waals surface area contributed by atoms with E-state index in [2.05, 4.69) is 0 Å². The van der Waals surface area contributed by atoms with Crippen LogP contribution in [0.1, 0.15) is 24.1 Å². The summed E-state index contributed by atoms with van der Waals surface area (Å²) < 4.78 is 0. The maximum absolute atomic E-state index is 12.5. The number of hydrogen-bond donors (Lipinski definition) is 0. The van der Waals surface area contributed by atoms with Crippen molar-refractivity contribution in [3.8, 4) is 0 Å². The van der Waals surface area contributed by atoms with Gasteiger partial charge in [-0.25, -0.2) is 0 Å². The number of nitrogens with zero attached hydrogens (tertiary/aromatic N) is 2. The first-order valence-corrected chi connectivity index (χ1v) is 7.99. The normalized spacial score (nSPS) is 11.8. The van der Waals surface area contributed by atoms with Gasteiger partial charge in [0.1, 0.15) is 0 Å². The second-order valence-corrected chi connectivity index (χ2v) is 6.22. The second-order valence-electron chi connectivity index (χ2n) is 5.41. The van der Waals surface area contributed by atoms with Crippen molar-refractivity contribution >= 4 is 34.8 Å². The van der Waals surface area contributed by atoms with Crippen LogP contribution in [0.25, 0.3) is 0 Å². The van der Waals surface area contributed by atoms with Crippen molar-refractivity contribution in [1.29, 1.82) is 0 Å². The standard InChI is InChI=1S/C17H16Cl2N2O3/c1-11(12-5-3-6-13(9-12)21(23)24)20(2)17(22)10-14-15(18)7-4-8-16(14)19/h3-9,11H,10H2,1-2H3. The van der Waals surface area contributed by atoms with Crippen LogP contribution in [-0.4, -0.2) is 22.8 Å². The third kappa shape index (κ3) is 4.04. The number of rotatable bonds is 5. The molecule has 0 aromatic heterocycles. The summed E-state index contributed by atoms with van der Waals surface area (Å²) in [5.74, 6) is -0.177. The van der Waals surface area contributed by atoms with Crippen LogP contribution in [-0.2, 0) is 11.2 Å². The highest BCUT2D eigenvalue weighted by atomic mass is 35.5. The van der Waals surface area contributed by atoms with E-state index in [0.717, 1.165) is 0 Å². The first-order chi connectivity index (χ1) is 11.3. The number of likely N-dealkylation sites (N-methyl/N-ethyl adjacent to an activating group) is 1. The molecule has 2 rings (SSSR count). The number of nitro benzene ring substituents is 1. The van der Waals surface area contributed by atoms with Gasteiger partial charge in [0.2, 0.25) is 5.91 Å². The zero-order valence-electron chi connectivity index (χ0n) is 13.2. The lowest BCUT2D eigenvalue weighted by atomic mass is 10.1. The van der Waals surface area contributed by atoms with Crippen molar-refractivity contribution in [3.63, 3.8) is 0 Å². The van der Waals surface area contributed by atoms with Crippen LogP contribution in [0.4, 0.5) is 5.69 Å². The summed E-state index contributed by atoms with van der Waals surface area (Å²) in [5, 5.41) is 11.8. The van der Waals surface area contributed by atoms with Crippen molar-refractivity contribution in [2.24, 2.45) is 0 Å². The van der Waals surface area contributed by atoms with Crippen molar-refractivity contribution in [1.82, 2.24) is 4.90 Å². The van der Waals surface area contributed by atoms with Gasteiger partial charge in [-0.3, -0.25) is 14.9 Å². The van der Waals surface area contributed by atoms with Crippen molar-refractivity contribution < 1.29 is 9.72 Å². The molecule has 0 spiro atoms. The predicted octanol–water partition coefficient (Wildman–Crippen LogP) is 4.66. The summed E-state index contributed by atoms with van der Waals surface area (Å²) in [5.41, 5.74) is 1.25. The largest absolute Gasteiger partial charge is 0.339 e. The Kier molecular flexibility index (Phi) is 5.80. The molecule has 0 fully saturated rings. The van der Waals surface area contributed by atoms with E-state index in [-0.39, 0.29) is 24.1 Å². The van der Waals surface area contributed by atoms with Crippen LogP contribution in [0.5, 0.6) is 0 Å². The summed E-state index contributed by atoms with van der Waals surface area (Å²) in [6, 6.07) is 11.0. The summed E-state index contributed by atoms with van der Waals surface area (Å²) in [4.78, 5) is 24.5. The number of benzene rings is 2. The first-order valence-electron chi connectivity index (χ1n) is 7.24. The maximum Gasteiger partial charge on any atom is 0.269 e. The molecule has 7 heteroatoms. The highest BCUT2D eigenvalue weighted by Crippen LogP contribution is 2.27. The Morgan fingerprint density at radius 2 is 1.79 bits per heavy atom. The number of halogens is 2. The van der Waals surface area contributed by atoms with E-state index >= 15 is 0 Å². The maximum atomic E-state index is 12.5. The Morgan fingerprint density at radius 1 is 1.21 bits per heavy atom. The van der Waals surface area contributed by atoms with E-state index in [4.69, 9.17) is 23.2 Å². The molecule has 0 aliphatic carbocycles. The minimum absolute atomic E-state index is 0.00523. The molecule has 0 heterocycles. The lowest BCUT2D eigenvalue weighted by molar-refractivity contribution is -0.384. The smallest absolute Gasteiger partial charge is 0.269 e. The van der Waals surface area contributed by atoms with Gasteiger partial charge in [0.15, 0.2) is 0 Å². The quantitative estimate of drug-likeness (QED) is 0.570. The molecule has 2 aromatic carbocycles. The minimum atomic E-state index is -0.457. The molecule has 0 saturated heterocycles. The molecule has 126 valence electrons. The number of amides is 1. The van der Waals surface area contributed by atoms with Gasteiger partial charge in [-0.15, -0.1) is 0 Å². The molecule has 1 amide bonds. The first kappa shape index (κ1) is 18.2. The van der Waals surface area contributed by atoms with Gasteiger partial charge in [0, 0.05) is 29.2 Å². The Bertz CT molecular complexity index is 760. The fourth-order valence-electron chi connectivity index (χ4n) is 2.31. The summed E-state index contributed by atoms with van der Waals surface area (Å²) >= 11 is 12.2. The van der Waals surface area contributed by atoms with E-state index < -0.39 is 4.92 Å². The van der Waals surface area contributed by atoms with Crippen LogP contribution in [0.3, 0.4) is 0 Å². The zero-order valence-corrected chi connectivity index (χ0v) is 14.7. The number of non-ortho nitro benzene ring substituents is 1. The number of hydrogen-bond acceptors (Lipinski definition) is 3. The van der Waals surface area contributed by atoms with Gasteiger partial charge in [0.05, 0.1) is 17.4 Å². The van der Waals surface area contributed by atoms with Crippen LogP contribution in [0.15, 0.2) is 42.5 Å². The van der Waals surface area contributed by atoms with E-state index in [1.807, 2.05) is 6.92 Å². The summed E-state index contributed by atoms with van der Waals surface area (Å²) in [7, 11) is 1.65. The highest BCUT2D eigenvalue weighted by Gasteiger charge is 2.21. The Balaban J connectivity index is 2.18. The summed E-state index contributed by atoms with van der Waals surface area (Å²) in [6.45, 7) is 1.81. The van der Waals surface area contributed by atoms with Gasteiger partial charge in [-0.05, 0) is 30.2 Å². The van der Waals surface area contributed by atoms with Crippen LogP contribution < -0.4 is 0 Å². The molecule has 0 N–H and O–H groups in total. The topological polar surface area (TPSA) is 63.5 Å². The van der Waals surface area contributed by atoms with Crippen molar-refractivity contribution in [2.45, 2.75) is 19.4 Å². The van der Waals surface area contributed by atoms with E-state index in [0.29, 0.717) is 21.2 Å². The van der Waals surface area contributed by atoms with E-state index in [1.54, 1.807) is 37.4 Å². The fraction of sp³-hybridized carbons (Fsp3) is 0.235. The molecule has 0 bridgehead atoms. The molecule has 0 radical (unpaired) electrons. The molecule has 2 aromatic rings. The van der Waals surface area contributed by atoms with Gasteiger partial charge in [-0.1, -0.05) is 41.4 Å². The minimum Gasteiger partial charge on any atom is -0.339 e. The average molecular weight is 367 g/mol. The molecule has 24 heavy (non-hydrogen) atoms. The third-order valence-corrected chi connectivity index (χ3v) is 4.64. The van der Waals surface area contributed by atoms with Gasteiger partial charge < -0.3 is 4.90 Å².